The SMILES string of the molecule is CC1c2cc(-n3ccc4cc(F)ccc43)cc(Cl)c2OCCN1C(=O)OC(C)(C)C. The van der Waals surface area contributed by atoms with Crippen LogP contribution in [-0.4, -0.2) is 34.3 Å². The second kappa shape index (κ2) is 7.51. The van der Waals surface area contributed by atoms with Gasteiger partial charge in [-0.05, 0) is 64.1 Å². The number of carbonyl (C=O) groups excluding carboxylic acids is 1. The van der Waals surface area contributed by atoms with Crippen molar-refractivity contribution in [1.29, 1.82) is 0 Å². The van der Waals surface area contributed by atoms with Crippen molar-refractivity contribution in [2.24, 2.45) is 0 Å². The molecule has 5 nitrogen and oxygen atoms in total. The minimum Gasteiger partial charge on any atom is -0.490 e. The highest BCUT2D eigenvalue weighted by Crippen LogP contribution is 2.40. The molecule has 1 amide bonds. The van der Waals surface area contributed by atoms with Gasteiger partial charge < -0.3 is 14.0 Å². The predicted molar refractivity (Wildman–Crippen MR) is 115 cm³/mol. The first kappa shape index (κ1) is 20.5. The van der Waals surface area contributed by atoms with Crippen LogP contribution in [0, 0.1) is 5.82 Å². The number of hydrogen-bond donors (Lipinski definition) is 0. The van der Waals surface area contributed by atoms with Crippen molar-refractivity contribution in [3.8, 4) is 11.4 Å². The van der Waals surface area contributed by atoms with Crippen LogP contribution in [0.15, 0.2) is 42.6 Å². The smallest absolute Gasteiger partial charge is 0.410 e. The van der Waals surface area contributed by atoms with Crippen molar-refractivity contribution in [3.05, 3.63) is 59.0 Å². The first-order valence-electron chi connectivity index (χ1n) is 9.87. The first-order chi connectivity index (χ1) is 14.1. The van der Waals surface area contributed by atoms with Gasteiger partial charge in [0.1, 0.15) is 23.8 Å². The van der Waals surface area contributed by atoms with Gasteiger partial charge in [0, 0.05) is 22.8 Å². The number of ether oxygens (including phenoxy) is 2. The van der Waals surface area contributed by atoms with Crippen molar-refractivity contribution in [1.82, 2.24) is 9.47 Å². The molecule has 0 spiro atoms. The maximum absolute atomic E-state index is 13.6. The molecule has 1 aliphatic rings. The molecule has 0 bridgehead atoms. The van der Waals surface area contributed by atoms with Crippen LogP contribution in [0.4, 0.5) is 9.18 Å². The molecule has 0 saturated heterocycles. The highest BCUT2D eigenvalue weighted by Gasteiger charge is 2.31. The Morgan fingerprint density at radius 2 is 2.00 bits per heavy atom. The van der Waals surface area contributed by atoms with Gasteiger partial charge in [-0.25, -0.2) is 9.18 Å². The van der Waals surface area contributed by atoms with E-state index in [-0.39, 0.29) is 11.9 Å². The Bertz CT molecular complexity index is 1120. The summed E-state index contributed by atoms with van der Waals surface area (Å²) in [5, 5.41) is 1.25. The van der Waals surface area contributed by atoms with Crippen molar-refractivity contribution < 1.29 is 18.7 Å². The van der Waals surface area contributed by atoms with E-state index in [0.717, 1.165) is 22.2 Å². The average molecular weight is 431 g/mol. The molecule has 4 rings (SSSR count). The lowest BCUT2D eigenvalue weighted by atomic mass is 10.0. The van der Waals surface area contributed by atoms with Gasteiger partial charge in [0.25, 0.3) is 0 Å². The fourth-order valence-electron chi connectivity index (χ4n) is 3.72. The van der Waals surface area contributed by atoms with Crippen molar-refractivity contribution in [2.75, 3.05) is 13.2 Å². The zero-order valence-electron chi connectivity index (χ0n) is 17.4. The third-order valence-corrected chi connectivity index (χ3v) is 5.39. The van der Waals surface area contributed by atoms with E-state index in [9.17, 15) is 9.18 Å². The molecule has 0 radical (unpaired) electrons. The van der Waals surface area contributed by atoms with Crippen molar-refractivity contribution >= 4 is 28.6 Å². The Kier molecular flexibility index (Phi) is 5.14. The lowest BCUT2D eigenvalue weighted by molar-refractivity contribution is 0.0167. The molecular weight excluding hydrogens is 407 g/mol. The monoisotopic (exact) mass is 430 g/mol. The maximum atomic E-state index is 13.6. The van der Waals surface area contributed by atoms with E-state index in [2.05, 4.69) is 0 Å². The van der Waals surface area contributed by atoms with Gasteiger partial charge in [-0.3, -0.25) is 4.90 Å². The van der Waals surface area contributed by atoms with E-state index >= 15 is 0 Å². The molecule has 30 heavy (non-hydrogen) atoms. The summed E-state index contributed by atoms with van der Waals surface area (Å²) >= 11 is 6.58. The van der Waals surface area contributed by atoms with Crippen LogP contribution in [0.2, 0.25) is 5.02 Å². The van der Waals surface area contributed by atoms with Crippen LogP contribution < -0.4 is 4.74 Å². The number of fused-ring (bicyclic) bond motifs is 2. The summed E-state index contributed by atoms with van der Waals surface area (Å²) in [5.41, 5.74) is 1.87. The van der Waals surface area contributed by atoms with Gasteiger partial charge in [-0.15, -0.1) is 0 Å². The van der Waals surface area contributed by atoms with Crippen LogP contribution in [0.25, 0.3) is 16.6 Å². The summed E-state index contributed by atoms with van der Waals surface area (Å²) in [6.07, 6.45) is 1.48. The van der Waals surface area contributed by atoms with Crippen LogP contribution in [-0.2, 0) is 4.74 Å². The summed E-state index contributed by atoms with van der Waals surface area (Å²) in [4.78, 5) is 14.4. The van der Waals surface area contributed by atoms with Crippen molar-refractivity contribution in [2.45, 2.75) is 39.3 Å². The molecule has 3 aromatic rings. The average Bonchev–Trinajstić information content (AvgIpc) is 2.98. The zero-order valence-corrected chi connectivity index (χ0v) is 18.2. The molecule has 7 heteroatoms. The van der Waals surface area contributed by atoms with Crippen LogP contribution in [0.5, 0.6) is 5.75 Å². The normalized spacial score (nSPS) is 16.7. The minimum absolute atomic E-state index is 0.282. The summed E-state index contributed by atoms with van der Waals surface area (Å²) in [5.74, 6) is 0.289. The third kappa shape index (κ3) is 3.84. The molecule has 0 aliphatic carbocycles. The number of hydrogen-bond acceptors (Lipinski definition) is 3. The molecule has 1 atom stereocenters. The molecule has 2 aromatic carbocycles. The van der Waals surface area contributed by atoms with E-state index in [4.69, 9.17) is 21.1 Å². The Morgan fingerprint density at radius 3 is 2.73 bits per heavy atom. The Hall–Kier alpha value is -2.73. The standard InChI is InChI=1S/C23H24ClFN2O3/c1-14-18-12-17(27-8-7-15-11-16(25)5-6-20(15)27)13-19(24)21(18)29-10-9-26(14)22(28)30-23(2,3)4/h5-8,11-14H,9-10H2,1-4H3. The molecule has 1 unspecified atom stereocenters. The number of carbonyl (C=O) groups is 1. The quantitative estimate of drug-likeness (QED) is 0.467. The van der Waals surface area contributed by atoms with Crippen LogP contribution >= 0.6 is 11.6 Å². The maximum Gasteiger partial charge on any atom is 0.410 e. The molecule has 0 fully saturated rings. The lowest BCUT2D eigenvalue weighted by Crippen LogP contribution is -2.39. The van der Waals surface area contributed by atoms with E-state index < -0.39 is 11.7 Å². The van der Waals surface area contributed by atoms with Crippen LogP contribution in [0.3, 0.4) is 0 Å². The molecule has 2 heterocycles. The fraction of sp³-hybridized carbons (Fsp3) is 0.348. The van der Waals surface area contributed by atoms with E-state index in [1.165, 1.54) is 12.1 Å². The zero-order chi connectivity index (χ0) is 21.6. The van der Waals surface area contributed by atoms with Gasteiger partial charge >= 0.3 is 6.09 Å². The van der Waals surface area contributed by atoms with Gasteiger partial charge in [-0.1, -0.05) is 11.6 Å². The van der Waals surface area contributed by atoms with Crippen LogP contribution in [0.1, 0.15) is 39.3 Å². The summed E-state index contributed by atoms with van der Waals surface area (Å²) in [7, 11) is 0. The Morgan fingerprint density at radius 1 is 1.23 bits per heavy atom. The Labute approximate surface area is 179 Å². The molecule has 1 aromatic heterocycles. The number of nitrogens with zero attached hydrogens (tertiary/aromatic N) is 2. The fourth-order valence-corrected chi connectivity index (χ4v) is 3.99. The predicted octanol–water partition coefficient (Wildman–Crippen LogP) is 6.11. The van der Waals surface area contributed by atoms with Gasteiger partial charge in [-0.2, -0.15) is 0 Å². The number of amides is 1. The number of halogens is 2. The van der Waals surface area contributed by atoms with Gasteiger partial charge in [0.05, 0.1) is 23.1 Å². The molecule has 158 valence electrons. The molecule has 0 N–H and O–H groups in total. The van der Waals surface area contributed by atoms with Crippen molar-refractivity contribution in [3.63, 3.8) is 0 Å². The van der Waals surface area contributed by atoms with Gasteiger partial charge in [0.2, 0.25) is 0 Å². The van der Waals surface area contributed by atoms with E-state index in [0.29, 0.717) is 23.9 Å². The second-order valence-electron chi connectivity index (χ2n) is 8.43. The number of aromatic nitrogens is 1. The van der Waals surface area contributed by atoms with E-state index in [1.54, 1.807) is 11.0 Å². The Balaban J connectivity index is 1.77. The summed E-state index contributed by atoms with van der Waals surface area (Å²) in [6.45, 7) is 8.16. The molecular formula is C23H24ClFN2O3. The third-order valence-electron chi connectivity index (χ3n) is 5.11. The van der Waals surface area contributed by atoms with Gasteiger partial charge in [0.15, 0.2) is 0 Å². The highest BCUT2D eigenvalue weighted by molar-refractivity contribution is 6.32. The number of rotatable bonds is 1. The highest BCUT2D eigenvalue weighted by atomic mass is 35.5. The number of benzene rings is 2. The summed E-state index contributed by atoms with van der Waals surface area (Å²) < 4.78 is 27.0. The topological polar surface area (TPSA) is 43.7 Å². The molecule has 1 aliphatic heterocycles. The second-order valence-corrected chi connectivity index (χ2v) is 8.84. The summed E-state index contributed by atoms with van der Waals surface area (Å²) in [6, 6.07) is 9.99. The largest absolute Gasteiger partial charge is 0.490 e. The molecule has 0 saturated carbocycles. The minimum atomic E-state index is -0.592. The lowest BCUT2D eigenvalue weighted by Gasteiger charge is -2.30. The first-order valence-corrected chi connectivity index (χ1v) is 10.2. The van der Waals surface area contributed by atoms with E-state index in [1.807, 2.05) is 56.7 Å².